The minimum Gasteiger partial charge on any atom is -0.465 e. The van der Waals surface area contributed by atoms with E-state index >= 15 is 0 Å². The van der Waals surface area contributed by atoms with E-state index in [1.165, 1.54) is 19.2 Å². The molecule has 142 valence electrons. The second-order valence-corrected chi connectivity index (χ2v) is 8.04. The monoisotopic (exact) mass is 396 g/mol. The van der Waals surface area contributed by atoms with Crippen molar-refractivity contribution >= 4 is 44.0 Å². The molecular formula is C20H16N2O5S. The second kappa shape index (κ2) is 6.35. The van der Waals surface area contributed by atoms with Gasteiger partial charge in [-0.1, -0.05) is 24.3 Å². The quantitative estimate of drug-likeness (QED) is 0.659. The van der Waals surface area contributed by atoms with Crippen LogP contribution in [-0.2, 0) is 14.8 Å². The van der Waals surface area contributed by atoms with Crippen molar-refractivity contribution in [3.8, 4) is 0 Å². The number of carbonyl (C=O) groups excluding carboxylic acids is 2. The smallest absolute Gasteiger partial charge is 0.340 e. The fourth-order valence-electron chi connectivity index (χ4n) is 3.37. The van der Waals surface area contributed by atoms with Crippen molar-refractivity contribution < 1.29 is 22.7 Å². The minimum absolute atomic E-state index is 0.0173. The molecule has 2 N–H and O–H groups in total. The van der Waals surface area contributed by atoms with Gasteiger partial charge in [0.2, 0.25) is 0 Å². The summed E-state index contributed by atoms with van der Waals surface area (Å²) in [6.07, 6.45) is 0. The number of aryl methyl sites for hydroxylation is 1. The van der Waals surface area contributed by atoms with Crippen LogP contribution in [0.3, 0.4) is 0 Å². The maximum absolute atomic E-state index is 13.2. The third-order valence-corrected chi connectivity index (χ3v) is 6.11. The Morgan fingerprint density at radius 1 is 1.07 bits per heavy atom. The van der Waals surface area contributed by atoms with Gasteiger partial charge in [0.25, 0.3) is 15.9 Å². The van der Waals surface area contributed by atoms with Gasteiger partial charge in [0.1, 0.15) is 0 Å². The van der Waals surface area contributed by atoms with E-state index in [-0.39, 0.29) is 22.1 Å². The van der Waals surface area contributed by atoms with Crippen LogP contribution in [0.1, 0.15) is 26.3 Å². The van der Waals surface area contributed by atoms with E-state index in [0.717, 1.165) is 0 Å². The fourth-order valence-corrected chi connectivity index (χ4v) is 4.73. The Morgan fingerprint density at radius 2 is 1.82 bits per heavy atom. The average molecular weight is 396 g/mol. The highest BCUT2D eigenvalue weighted by Crippen LogP contribution is 2.37. The topological polar surface area (TPSA) is 102 Å². The molecule has 0 atom stereocenters. The summed E-state index contributed by atoms with van der Waals surface area (Å²) in [6.45, 7) is 1.69. The standard InChI is InChI=1S/C20H16N2O5S/c1-11-5-3-8-14(20(24)27-2)18(11)22-28(25,26)16-10-9-15-17-12(16)6-4-7-13(17)19(23)21-15/h3-10,22H,1-2H3,(H,21,23). The summed E-state index contributed by atoms with van der Waals surface area (Å²) >= 11 is 0. The Balaban J connectivity index is 1.88. The molecule has 1 amide bonds. The van der Waals surface area contributed by atoms with Gasteiger partial charge in [-0.15, -0.1) is 0 Å². The maximum Gasteiger partial charge on any atom is 0.340 e. The van der Waals surface area contributed by atoms with Crippen molar-refractivity contribution in [2.24, 2.45) is 0 Å². The van der Waals surface area contributed by atoms with Crippen molar-refractivity contribution in [2.75, 3.05) is 17.1 Å². The number of nitrogens with one attached hydrogen (secondary N) is 2. The maximum atomic E-state index is 13.2. The fraction of sp³-hybridized carbons (Fsp3) is 0.100. The number of benzene rings is 3. The van der Waals surface area contributed by atoms with Crippen LogP contribution >= 0.6 is 0 Å². The van der Waals surface area contributed by atoms with Crippen LogP contribution in [0.15, 0.2) is 53.4 Å². The van der Waals surface area contributed by atoms with Crippen LogP contribution in [0.4, 0.5) is 11.4 Å². The van der Waals surface area contributed by atoms with Crippen LogP contribution in [0, 0.1) is 6.92 Å². The summed E-state index contributed by atoms with van der Waals surface area (Å²) in [5, 5.41) is 3.71. The number of methoxy groups -OCH3 is 1. The van der Waals surface area contributed by atoms with Gasteiger partial charge < -0.3 is 10.1 Å². The summed E-state index contributed by atoms with van der Waals surface area (Å²) in [4.78, 5) is 24.1. The van der Waals surface area contributed by atoms with E-state index in [4.69, 9.17) is 4.74 Å². The first-order valence-corrected chi connectivity index (χ1v) is 9.89. The molecule has 0 unspecified atom stereocenters. The van der Waals surface area contributed by atoms with Gasteiger partial charge in [0.05, 0.1) is 23.3 Å². The molecule has 1 heterocycles. The van der Waals surface area contributed by atoms with Crippen molar-refractivity contribution in [3.05, 3.63) is 65.2 Å². The molecule has 1 aliphatic heterocycles. The van der Waals surface area contributed by atoms with Gasteiger partial charge in [0.15, 0.2) is 0 Å². The van der Waals surface area contributed by atoms with E-state index < -0.39 is 16.0 Å². The second-order valence-electron chi connectivity index (χ2n) is 6.39. The molecule has 0 spiro atoms. The van der Waals surface area contributed by atoms with Crippen molar-refractivity contribution in [1.82, 2.24) is 0 Å². The van der Waals surface area contributed by atoms with Crippen LogP contribution in [0.2, 0.25) is 0 Å². The number of para-hydroxylation sites is 1. The Kier molecular flexibility index (Phi) is 4.08. The minimum atomic E-state index is -4.05. The third kappa shape index (κ3) is 2.69. The predicted octanol–water partition coefficient (Wildman–Crippen LogP) is 3.30. The normalized spacial score (nSPS) is 12.7. The Hall–Kier alpha value is -3.39. The summed E-state index contributed by atoms with van der Waals surface area (Å²) in [7, 11) is -2.81. The number of anilines is 2. The molecule has 0 saturated heterocycles. The largest absolute Gasteiger partial charge is 0.465 e. The van der Waals surface area contributed by atoms with E-state index in [9.17, 15) is 18.0 Å². The molecule has 0 saturated carbocycles. The molecular weight excluding hydrogens is 380 g/mol. The van der Waals surface area contributed by atoms with E-state index in [2.05, 4.69) is 10.0 Å². The zero-order chi connectivity index (χ0) is 20.1. The van der Waals surface area contributed by atoms with Crippen molar-refractivity contribution in [3.63, 3.8) is 0 Å². The van der Waals surface area contributed by atoms with Crippen molar-refractivity contribution in [1.29, 1.82) is 0 Å². The Morgan fingerprint density at radius 3 is 2.57 bits per heavy atom. The third-order valence-electron chi connectivity index (χ3n) is 4.70. The first kappa shape index (κ1) is 18.0. The molecule has 8 heteroatoms. The number of hydrogen-bond acceptors (Lipinski definition) is 5. The Bertz CT molecular complexity index is 1270. The summed E-state index contributed by atoms with van der Waals surface area (Å²) in [6, 6.07) is 12.8. The SMILES string of the molecule is COC(=O)c1cccc(C)c1NS(=O)(=O)c1ccc2c3c(cccc13)C(=O)N2. The molecule has 0 aliphatic carbocycles. The van der Waals surface area contributed by atoms with E-state index in [1.807, 2.05) is 0 Å². The number of amides is 1. The zero-order valence-electron chi connectivity index (χ0n) is 15.1. The van der Waals surface area contributed by atoms with Crippen LogP contribution < -0.4 is 10.0 Å². The molecule has 0 radical (unpaired) electrons. The first-order valence-electron chi connectivity index (χ1n) is 8.41. The van der Waals surface area contributed by atoms with Crippen LogP contribution in [0.25, 0.3) is 10.8 Å². The van der Waals surface area contributed by atoms with Crippen LogP contribution in [-0.4, -0.2) is 27.4 Å². The molecule has 1 aliphatic rings. The van der Waals surface area contributed by atoms with Gasteiger partial charge in [0, 0.05) is 22.0 Å². The lowest BCUT2D eigenvalue weighted by atomic mass is 10.1. The zero-order valence-corrected chi connectivity index (χ0v) is 15.9. The summed E-state index contributed by atoms with van der Waals surface area (Å²) in [5.41, 5.74) is 1.85. The molecule has 28 heavy (non-hydrogen) atoms. The van der Waals surface area contributed by atoms with E-state index in [0.29, 0.717) is 27.6 Å². The highest BCUT2D eigenvalue weighted by Gasteiger charge is 2.27. The van der Waals surface area contributed by atoms with Crippen LogP contribution in [0.5, 0.6) is 0 Å². The van der Waals surface area contributed by atoms with Crippen molar-refractivity contribution in [2.45, 2.75) is 11.8 Å². The van der Waals surface area contributed by atoms with Gasteiger partial charge >= 0.3 is 5.97 Å². The number of ether oxygens (including phenoxy) is 1. The lowest BCUT2D eigenvalue weighted by Crippen LogP contribution is -2.17. The molecule has 7 nitrogen and oxygen atoms in total. The van der Waals surface area contributed by atoms with Gasteiger partial charge in [-0.25, -0.2) is 13.2 Å². The molecule has 0 aromatic heterocycles. The molecule has 3 aromatic carbocycles. The molecule has 3 aromatic rings. The summed E-state index contributed by atoms with van der Waals surface area (Å²) in [5.74, 6) is -0.911. The number of carbonyl (C=O) groups is 2. The highest BCUT2D eigenvalue weighted by atomic mass is 32.2. The van der Waals surface area contributed by atoms with E-state index in [1.54, 1.807) is 43.3 Å². The predicted molar refractivity (Wildman–Crippen MR) is 105 cm³/mol. The number of esters is 1. The number of rotatable bonds is 4. The average Bonchev–Trinajstić information content (AvgIpc) is 3.00. The lowest BCUT2D eigenvalue weighted by molar-refractivity contribution is 0.0601. The van der Waals surface area contributed by atoms with Gasteiger partial charge in [-0.2, -0.15) is 0 Å². The Labute approximate surface area is 161 Å². The molecule has 4 rings (SSSR count). The van der Waals surface area contributed by atoms with Gasteiger partial charge in [-0.3, -0.25) is 9.52 Å². The number of hydrogen-bond donors (Lipinski definition) is 2. The highest BCUT2D eigenvalue weighted by molar-refractivity contribution is 7.93. The summed E-state index contributed by atoms with van der Waals surface area (Å²) < 4.78 is 33.6. The van der Waals surface area contributed by atoms with Gasteiger partial charge in [-0.05, 0) is 36.8 Å². The lowest BCUT2D eigenvalue weighted by Gasteiger charge is -2.15. The first-order chi connectivity index (χ1) is 13.3. The number of sulfonamides is 1. The molecule has 0 fully saturated rings. The molecule has 0 bridgehead atoms.